The van der Waals surface area contributed by atoms with E-state index in [4.69, 9.17) is 9.47 Å². The van der Waals surface area contributed by atoms with E-state index in [1.165, 1.54) is 13.2 Å². The molecule has 0 saturated heterocycles. The van der Waals surface area contributed by atoms with Gasteiger partial charge in [-0.05, 0) is 55.7 Å². The lowest BCUT2D eigenvalue weighted by atomic mass is 9.89. The van der Waals surface area contributed by atoms with Gasteiger partial charge in [-0.3, -0.25) is 0 Å². The number of halogens is 1. The normalized spacial score (nSPS) is 20.0. The van der Waals surface area contributed by atoms with Crippen LogP contribution in [0.3, 0.4) is 0 Å². The largest absolute Gasteiger partial charge is 0.494 e. The molecule has 1 aromatic carbocycles. The third-order valence-corrected chi connectivity index (χ3v) is 5.32. The first-order chi connectivity index (χ1) is 12.6. The molecule has 1 saturated carbocycles. The number of carbonyl (C=O) groups is 1. The summed E-state index contributed by atoms with van der Waals surface area (Å²) in [7, 11) is 1.44. The molecule has 1 heterocycles. The second-order valence-corrected chi connectivity index (χ2v) is 6.75. The first kappa shape index (κ1) is 16.8. The fraction of sp³-hybridized carbons (Fsp3) is 0.400. The highest BCUT2D eigenvalue weighted by atomic mass is 19.1. The van der Waals surface area contributed by atoms with E-state index >= 15 is 0 Å². The predicted octanol–water partition coefficient (Wildman–Crippen LogP) is 4.51. The molecule has 4 rings (SSSR count). The molecular weight excluding hydrogens is 335 g/mol. The van der Waals surface area contributed by atoms with Crippen molar-refractivity contribution in [2.24, 2.45) is 0 Å². The van der Waals surface area contributed by atoms with Crippen LogP contribution in [0.1, 0.15) is 59.5 Å². The van der Waals surface area contributed by atoms with Crippen LogP contribution >= 0.6 is 0 Å². The van der Waals surface area contributed by atoms with Crippen LogP contribution in [0.25, 0.3) is 0 Å². The number of fused-ring (bicyclic) bond motifs is 5. The zero-order valence-corrected chi connectivity index (χ0v) is 14.8. The highest BCUT2D eigenvalue weighted by molar-refractivity contribution is 5.92. The molecule has 2 bridgehead atoms. The summed E-state index contributed by atoms with van der Waals surface area (Å²) in [4.78, 5) is 16.8. The first-order valence-corrected chi connectivity index (χ1v) is 8.92. The molecule has 1 aromatic heterocycles. The average molecular weight is 356 g/mol. The van der Waals surface area contributed by atoms with Crippen LogP contribution < -0.4 is 10.1 Å². The minimum Gasteiger partial charge on any atom is -0.494 e. The van der Waals surface area contributed by atoms with Crippen molar-refractivity contribution in [3.63, 3.8) is 0 Å². The Morgan fingerprint density at radius 1 is 1.31 bits per heavy atom. The summed E-state index contributed by atoms with van der Waals surface area (Å²) in [6.07, 6.45) is 4.85. The summed E-state index contributed by atoms with van der Waals surface area (Å²) in [5, 5.41) is 3.28. The fourth-order valence-electron chi connectivity index (χ4n) is 4.25. The number of nitrogens with one attached hydrogen (secondary N) is 1. The van der Waals surface area contributed by atoms with Crippen molar-refractivity contribution >= 4 is 17.5 Å². The van der Waals surface area contributed by atoms with Gasteiger partial charge in [-0.1, -0.05) is 0 Å². The van der Waals surface area contributed by atoms with Crippen LogP contribution in [0, 0.1) is 5.82 Å². The van der Waals surface area contributed by atoms with Crippen LogP contribution in [0.15, 0.2) is 24.4 Å². The van der Waals surface area contributed by atoms with Gasteiger partial charge in [0, 0.05) is 23.5 Å². The van der Waals surface area contributed by atoms with E-state index in [2.05, 4.69) is 10.3 Å². The molecule has 2 unspecified atom stereocenters. The molecular formula is C20H21FN2O3. The Morgan fingerprint density at radius 2 is 2.08 bits per heavy atom. The number of anilines is 2. The predicted molar refractivity (Wildman–Crippen MR) is 95.8 cm³/mol. The minimum absolute atomic E-state index is 0.177. The number of benzene rings is 1. The Morgan fingerprint density at radius 3 is 2.81 bits per heavy atom. The van der Waals surface area contributed by atoms with Crippen LogP contribution in [-0.2, 0) is 4.74 Å². The number of nitrogens with zero attached hydrogens (tertiary/aromatic N) is 1. The van der Waals surface area contributed by atoms with E-state index in [1.807, 2.05) is 0 Å². The monoisotopic (exact) mass is 356 g/mol. The maximum atomic E-state index is 13.6. The number of methoxy groups -OCH3 is 1. The highest BCUT2D eigenvalue weighted by Gasteiger charge is 2.42. The maximum absolute atomic E-state index is 13.6. The molecule has 136 valence electrons. The average Bonchev–Trinajstić information content (AvgIpc) is 3.26. The number of ether oxygens (including phenoxy) is 2. The molecule has 0 aliphatic heterocycles. The van der Waals surface area contributed by atoms with Crippen molar-refractivity contribution in [3.8, 4) is 5.75 Å². The van der Waals surface area contributed by atoms with Crippen molar-refractivity contribution in [1.29, 1.82) is 0 Å². The Labute approximate surface area is 151 Å². The number of carbonyl (C=O) groups excluding carboxylic acids is 1. The highest BCUT2D eigenvalue weighted by Crippen LogP contribution is 2.56. The molecule has 1 N–H and O–H groups in total. The van der Waals surface area contributed by atoms with E-state index in [0.717, 1.165) is 36.2 Å². The summed E-state index contributed by atoms with van der Waals surface area (Å²) in [5.74, 6) is 0.986. The third-order valence-electron chi connectivity index (χ3n) is 5.32. The van der Waals surface area contributed by atoms with Crippen molar-refractivity contribution in [2.45, 2.75) is 38.0 Å². The van der Waals surface area contributed by atoms with Gasteiger partial charge < -0.3 is 14.8 Å². The summed E-state index contributed by atoms with van der Waals surface area (Å²) < 4.78 is 23.9. The second-order valence-electron chi connectivity index (χ2n) is 6.75. The molecule has 2 aromatic rings. The van der Waals surface area contributed by atoms with E-state index < -0.39 is 5.82 Å². The summed E-state index contributed by atoms with van der Waals surface area (Å²) in [5.41, 5.74) is 3.46. The van der Waals surface area contributed by atoms with Gasteiger partial charge in [0.15, 0.2) is 11.6 Å². The lowest BCUT2D eigenvalue weighted by Crippen LogP contribution is -2.14. The SMILES string of the molecule is CCOC(=O)c1cnc(Nc2ccc(F)c(OC)c2)c2c1C1CCC2C1. The number of aromatic nitrogens is 1. The molecule has 2 atom stereocenters. The quantitative estimate of drug-likeness (QED) is 0.799. The van der Waals surface area contributed by atoms with Crippen LogP contribution in [-0.4, -0.2) is 24.7 Å². The number of pyridine rings is 1. The molecule has 6 heteroatoms. The number of hydrogen-bond donors (Lipinski definition) is 1. The topological polar surface area (TPSA) is 60.5 Å². The van der Waals surface area contributed by atoms with Crippen molar-refractivity contribution in [3.05, 3.63) is 46.9 Å². The maximum Gasteiger partial charge on any atom is 0.339 e. The standard InChI is InChI=1S/C20H21FN2O3/c1-3-26-20(24)14-10-22-19(18-12-5-4-11(8-12)17(14)18)23-13-6-7-15(21)16(9-13)25-2/h6-7,9-12H,3-5,8H2,1-2H3,(H,22,23). The van der Waals surface area contributed by atoms with Crippen LogP contribution in [0.5, 0.6) is 5.75 Å². The Balaban J connectivity index is 1.73. The van der Waals surface area contributed by atoms with Crippen molar-refractivity contribution in [2.75, 3.05) is 19.0 Å². The fourth-order valence-corrected chi connectivity index (χ4v) is 4.25. The molecule has 1 fully saturated rings. The second kappa shape index (κ2) is 6.59. The lowest BCUT2D eigenvalue weighted by Gasteiger charge is -2.21. The molecule has 26 heavy (non-hydrogen) atoms. The van der Waals surface area contributed by atoms with Gasteiger partial charge in [-0.25, -0.2) is 14.2 Å². The number of hydrogen-bond acceptors (Lipinski definition) is 5. The van der Waals surface area contributed by atoms with E-state index in [9.17, 15) is 9.18 Å². The van der Waals surface area contributed by atoms with Gasteiger partial charge in [0.05, 0.1) is 19.3 Å². The third kappa shape index (κ3) is 2.69. The molecule has 2 aliphatic rings. The molecule has 0 radical (unpaired) electrons. The van der Waals surface area contributed by atoms with E-state index in [-0.39, 0.29) is 11.7 Å². The van der Waals surface area contributed by atoms with Crippen molar-refractivity contribution in [1.82, 2.24) is 4.98 Å². The summed E-state index contributed by atoms with van der Waals surface area (Å²) >= 11 is 0. The van der Waals surface area contributed by atoms with Crippen LogP contribution in [0.2, 0.25) is 0 Å². The zero-order valence-electron chi connectivity index (χ0n) is 14.8. The zero-order chi connectivity index (χ0) is 18.3. The molecule has 0 spiro atoms. The summed E-state index contributed by atoms with van der Waals surface area (Å²) in [6.45, 7) is 2.15. The Bertz CT molecular complexity index is 868. The van der Waals surface area contributed by atoms with Gasteiger partial charge in [-0.2, -0.15) is 0 Å². The smallest absolute Gasteiger partial charge is 0.339 e. The number of esters is 1. The van der Waals surface area contributed by atoms with Crippen LogP contribution in [0.4, 0.5) is 15.9 Å². The Hall–Kier alpha value is -2.63. The van der Waals surface area contributed by atoms with E-state index in [1.54, 1.807) is 25.3 Å². The number of rotatable bonds is 5. The summed E-state index contributed by atoms with van der Waals surface area (Å²) in [6, 6.07) is 4.62. The Kier molecular flexibility index (Phi) is 4.26. The van der Waals surface area contributed by atoms with Gasteiger partial charge >= 0.3 is 5.97 Å². The first-order valence-electron chi connectivity index (χ1n) is 8.92. The van der Waals surface area contributed by atoms with Gasteiger partial charge in [0.25, 0.3) is 0 Å². The minimum atomic E-state index is -0.409. The van der Waals surface area contributed by atoms with Crippen molar-refractivity contribution < 1.29 is 18.7 Å². The van der Waals surface area contributed by atoms with Gasteiger partial charge in [0.2, 0.25) is 0 Å². The molecule has 0 amide bonds. The lowest BCUT2D eigenvalue weighted by molar-refractivity contribution is 0.0524. The molecule has 5 nitrogen and oxygen atoms in total. The van der Waals surface area contributed by atoms with E-state index in [0.29, 0.717) is 29.7 Å². The van der Waals surface area contributed by atoms with Gasteiger partial charge in [-0.15, -0.1) is 0 Å². The molecule has 2 aliphatic carbocycles. The van der Waals surface area contributed by atoms with Gasteiger partial charge in [0.1, 0.15) is 5.82 Å².